The minimum absolute atomic E-state index is 0.119. The van der Waals surface area contributed by atoms with Gasteiger partial charge in [-0.1, -0.05) is 12.1 Å². The Balaban J connectivity index is 2.22. The molecule has 0 amide bonds. The van der Waals surface area contributed by atoms with Gasteiger partial charge in [0, 0.05) is 6.54 Å². The van der Waals surface area contributed by atoms with Gasteiger partial charge in [0.1, 0.15) is 5.82 Å². The van der Waals surface area contributed by atoms with Crippen LogP contribution in [0.4, 0.5) is 4.39 Å². The summed E-state index contributed by atoms with van der Waals surface area (Å²) < 4.78 is 45.1. The molecule has 2 rings (SSSR count). The summed E-state index contributed by atoms with van der Waals surface area (Å²) in [6, 6.07) is 5.56. The van der Waals surface area contributed by atoms with Crippen molar-refractivity contribution in [2.24, 2.45) is 0 Å². The molecule has 1 aromatic rings. The smallest absolute Gasteiger partial charge is 0.218 e. The number of hydrogen-bond acceptors (Lipinski definition) is 3. The number of morpholine rings is 1. The molecule has 0 saturated carbocycles. The molecule has 1 aromatic carbocycles. The number of rotatable bonds is 3. The second-order valence-electron chi connectivity index (χ2n) is 5.85. The standard InChI is InChI=1S/C14H20FNO3S/c1-11-8-16(14(2,3)10-19-11)20(17,18)9-12-4-6-13(15)7-5-12/h4-7,11H,8-10H2,1-3H3. The van der Waals surface area contributed by atoms with Crippen LogP contribution in [0.25, 0.3) is 0 Å². The molecule has 1 fully saturated rings. The van der Waals surface area contributed by atoms with Crippen LogP contribution in [-0.4, -0.2) is 37.5 Å². The normalized spacial score (nSPS) is 23.7. The van der Waals surface area contributed by atoms with E-state index in [1.165, 1.54) is 28.6 Å². The molecule has 0 aliphatic carbocycles. The first-order valence-corrected chi connectivity index (χ1v) is 8.18. The maximum atomic E-state index is 12.9. The van der Waals surface area contributed by atoms with Crippen molar-refractivity contribution in [3.63, 3.8) is 0 Å². The minimum Gasteiger partial charge on any atom is -0.375 e. The van der Waals surface area contributed by atoms with Crippen molar-refractivity contribution in [3.8, 4) is 0 Å². The first kappa shape index (κ1) is 15.4. The van der Waals surface area contributed by atoms with E-state index in [9.17, 15) is 12.8 Å². The topological polar surface area (TPSA) is 46.6 Å². The minimum atomic E-state index is -3.46. The van der Waals surface area contributed by atoms with Gasteiger partial charge in [0.25, 0.3) is 0 Å². The third-order valence-electron chi connectivity index (χ3n) is 3.42. The quantitative estimate of drug-likeness (QED) is 0.859. The summed E-state index contributed by atoms with van der Waals surface area (Å²) in [7, 11) is -3.46. The van der Waals surface area contributed by atoms with E-state index in [1.807, 2.05) is 20.8 Å². The average Bonchev–Trinajstić information content (AvgIpc) is 2.35. The summed E-state index contributed by atoms with van der Waals surface area (Å²) in [5.74, 6) is -0.491. The van der Waals surface area contributed by atoms with Crippen molar-refractivity contribution in [3.05, 3.63) is 35.6 Å². The van der Waals surface area contributed by atoms with Crippen molar-refractivity contribution in [2.45, 2.75) is 38.2 Å². The summed E-state index contributed by atoms with van der Waals surface area (Å²) in [4.78, 5) is 0. The maximum absolute atomic E-state index is 12.9. The van der Waals surface area contributed by atoms with E-state index in [4.69, 9.17) is 4.74 Å². The van der Waals surface area contributed by atoms with Crippen LogP contribution in [0.2, 0.25) is 0 Å². The van der Waals surface area contributed by atoms with Gasteiger partial charge in [-0.3, -0.25) is 0 Å². The predicted molar refractivity (Wildman–Crippen MR) is 75.2 cm³/mol. The summed E-state index contributed by atoms with van der Waals surface area (Å²) in [6.45, 7) is 6.27. The van der Waals surface area contributed by atoms with Crippen LogP contribution in [0.3, 0.4) is 0 Å². The van der Waals surface area contributed by atoms with E-state index < -0.39 is 15.6 Å². The predicted octanol–water partition coefficient (Wildman–Crippen LogP) is 2.15. The van der Waals surface area contributed by atoms with E-state index in [-0.39, 0.29) is 17.7 Å². The summed E-state index contributed by atoms with van der Waals surface area (Å²) in [5, 5.41) is 0. The third kappa shape index (κ3) is 3.37. The zero-order valence-electron chi connectivity index (χ0n) is 12.0. The molecule has 0 aromatic heterocycles. The molecule has 6 heteroatoms. The molecule has 0 bridgehead atoms. The Hall–Kier alpha value is -0.980. The Morgan fingerprint density at radius 1 is 1.35 bits per heavy atom. The lowest BCUT2D eigenvalue weighted by Crippen LogP contribution is -2.57. The van der Waals surface area contributed by atoms with Gasteiger partial charge < -0.3 is 4.74 Å². The van der Waals surface area contributed by atoms with E-state index >= 15 is 0 Å². The highest BCUT2D eigenvalue weighted by Gasteiger charge is 2.40. The Labute approximate surface area is 119 Å². The zero-order valence-corrected chi connectivity index (χ0v) is 12.8. The lowest BCUT2D eigenvalue weighted by molar-refractivity contribution is -0.0551. The summed E-state index contributed by atoms with van der Waals surface area (Å²) >= 11 is 0. The Kier molecular flexibility index (Phi) is 4.18. The number of sulfonamides is 1. The Morgan fingerprint density at radius 3 is 2.55 bits per heavy atom. The van der Waals surface area contributed by atoms with Crippen LogP contribution in [0, 0.1) is 5.82 Å². The number of ether oxygens (including phenoxy) is 1. The molecule has 1 aliphatic heterocycles. The van der Waals surface area contributed by atoms with Crippen molar-refractivity contribution < 1.29 is 17.5 Å². The molecule has 1 unspecified atom stereocenters. The van der Waals surface area contributed by atoms with Gasteiger partial charge in [0.15, 0.2) is 0 Å². The number of hydrogen-bond donors (Lipinski definition) is 0. The number of halogens is 1. The fraction of sp³-hybridized carbons (Fsp3) is 0.571. The van der Waals surface area contributed by atoms with E-state index in [1.54, 1.807) is 0 Å². The molecule has 112 valence electrons. The molecule has 1 atom stereocenters. The highest BCUT2D eigenvalue weighted by molar-refractivity contribution is 7.88. The highest BCUT2D eigenvalue weighted by atomic mass is 32.2. The summed E-state index contributed by atoms with van der Waals surface area (Å²) in [6.07, 6.45) is -0.119. The molecule has 1 aliphatic rings. The van der Waals surface area contributed by atoms with Gasteiger partial charge >= 0.3 is 0 Å². The maximum Gasteiger partial charge on any atom is 0.218 e. The van der Waals surface area contributed by atoms with E-state index in [0.29, 0.717) is 18.7 Å². The van der Waals surface area contributed by atoms with Crippen molar-refractivity contribution in [1.29, 1.82) is 0 Å². The van der Waals surface area contributed by atoms with Gasteiger partial charge in [0.05, 0.1) is 24.0 Å². The summed E-state index contributed by atoms with van der Waals surface area (Å²) in [5.41, 5.74) is 0.0205. The van der Waals surface area contributed by atoms with E-state index in [2.05, 4.69) is 0 Å². The first-order valence-electron chi connectivity index (χ1n) is 6.57. The van der Waals surface area contributed by atoms with Crippen LogP contribution in [0.5, 0.6) is 0 Å². The fourth-order valence-electron chi connectivity index (χ4n) is 2.31. The highest BCUT2D eigenvalue weighted by Crippen LogP contribution is 2.27. The van der Waals surface area contributed by atoms with Gasteiger partial charge in [-0.05, 0) is 38.5 Å². The molecular formula is C14H20FNO3S. The van der Waals surface area contributed by atoms with Gasteiger partial charge in [0.2, 0.25) is 10.0 Å². The lowest BCUT2D eigenvalue weighted by Gasteiger charge is -2.43. The Bertz CT molecular complexity index is 569. The van der Waals surface area contributed by atoms with Crippen LogP contribution in [0.1, 0.15) is 26.3 Å². The largest absolute Gasteiger partial charge is 0.375 e. The number of benzene rings is 1. The van der Waals surface area contributed by atoms with E-state index in [0.717, 1.165) is 0 Å². The van der Waals surface area contributed by atoms with Crippen LogP contribution >= 0.6 is 0 Å². The Morgan fingerprint density at radius 2 is 1.95 bits per heavy atom. The monoisotopic (exact) mass is 301 g/mol. The third-order valence-corrected chi connectivity index (χ3v) is 5.43. The molecule has 0 spiro atoms. The van der Waals surface area contributed by atoms with Crippen LogP contribution < -0.4 is 0 Å². The average molecular weight is 301 g/mol. The second kappa shape index (κ2) is 5.42. The molecule has 1 heterocycles. The van der Waals surface area contributed by atoms with Crippen molar-refractivity contribution >= 4 is 10.0 Å². The molecular weight excluding hydrogens is 281 g/mol. The van der Waals surface area contributed by atoms with Crippen LogP contribution in [0.15, 0.2) is 24.3 Å². The van der Waals surface area contributed by atoms with Crippen molar-refractivity contribution in [1.82, 2.24) is 4.31 Å². The molecule has 0 N–H and O–H groups in total. The van der Waals surface area contributed by atoms with Gasteiger partial charge in [-0.25, -0.2) is 12.8 Å². The second-order valence-corrected chi connectivity index (χ2v) is 7.74. The SMILES string of the molecule is CC1CN(S(=O)(=O)Cc2ccc(F)cc2)C(C)(C)CO1. The first-order chi connectivity index (χ1) is 9.21. The number of nitrogens with zero attached hydrogens (tertiary/aromatic N) is 1. The molecule has 20 heavy (non-hydrogen) atoms. The van der Waals surface area contributed by atoms with Gasteiger partial charge in [-0.2, -0.15) is 4.31 Å². The molecule has 1 saturated heterocycles. The lowest BCUT2D eigenvalue weighted by atomic mass is 10.1. The van der Waals surface area contributed by atoms with Crippen LogP contribution in [-0.2, 0) is 20.5 Å². The molecule has 4 nitrogen and oxygen atoms in total. The zero-order chi connectivity index (χ0) is 15.0. The fourth-order valence-corrected chi connectivity index (χ4v) is 4.32. The molecule has 0 radical (unpaired) electrons. The van der Waals surface area contributed by atoms with Gasteiger partial charge in [-0.15, -0.1) is 0 Å². The van der Waals surface area contributed by atoms with Crippen molar-refractivity contribution in [2.75, 3.05) is 13.2 Å².